The lowest BCUT2D eigenvalue weighted by atomic mass is 10.2. The van der Waals surface area contributed by atoms with E-state index >= 15 is 0 Å². The number of carbonyl (C=O) groups is 2. The summed E-state index contributed by atoms with van der Waals surface area (Å²) < 4.78 is 5.21. The van der Waals surface area contributed by atoms with Crippen LogP contribution in [-0.4, -0.2) is 46.0 Å². The SMILES string of the molecule is O=C(O)[C@@H]1CCCN1C(=O)COc1cccc([N+](=O)[O-])c1. The van der Waals surface area contributed by atoms with Crippen molar-refractivity contribution in [1.29, 1.82) is 0 Å². The van der Waals surface area contributed by atoms with Crippen LogP contribution in [0.2, 0.25) is 0 Å². The van der Waals surface area contributed by atoms with Crippen LogP contribution in [0.4, 0.5) is 5.69 Å². The molecular weight excluding hydrogens is 280 g/mol. The second kappa shape index (κ2) is 6.21. The monoisotopic (exact) mass is 294 g/mol. The number of nitrogens with zero attached hydrogens (tertiary/aromatic N) is 2. The van der Waals surface area contributed by atoms with Crippen LogP contribution < -0.4 is 4.74 Å². The van der Waals surface area contributed by atoms with E-state index in [4.69, 9.17) is 9.84 Å². The van der Waals surface area contributed by atoms with Gasteiger partial charge in [-0.1, -0.05) is 6.07 Å². The molecule has 2 rings (SSSR count). The van der Waals surface area contributed by atoms with Crippen LogP contribution in [0, 0.1) is 10.1 Å². The average Bonchev–Trinajstić information content (AvgIpc) is 2.94. The van der Waals surface area contributed by atoms with E-state index in [1.807, 2.05) is 0 Å². The number of carboxylic acids is 1. The molecule has 112 valence electrons. The summed E-state index contributed by atoms with van der Waals surface area (Å²) in [6.07, 6.45) is 1.07. The Morgan fingerprint density at radius 2 is 2.24 bits per heavy atom. The minimum Gasteiger partial charge on any atom is -0.484 e. The molecule has 8 nitrogen and oxygen atoms in total. The van der Waals surface area contributed by atoms with Gasteiger partial charge >= 0.3 is 5.97 Å². The van der Waals surface area contributed by atoms with Crippen LogP contribution in [0.1, 0.15) is 12.8 Å². The van der Waals surface area contributed by atoms with Crippen molar-refractivity contribution in [1.82, 2.24) is 4.90 Å². The Bertz CT molecular complexity index is 574. The maximum atomic E-state index is 12.0. The summed E-state index contributed by atoms with van der Waals surface area (Å²) in [4.78, 5) is 34.3. The highest BCUT2D eigenvalue weighted by molar-refractivity contribution is 5.85. The zero-order valence-electron chi connectivity index (χ0n) is 11.1. The van der Waals surface area contributed by atoms with E-state index in [2.05, 4.69) is 0 Å². The van der Waals surface area contributed by atoms with E-state index in [0.29, 0.717) is 19.4 Å². The quantitative estimate of drug-likeness (QED) is 0.642. The summed E-state index contributed by atoms with van der Waals surface area (Å²) in [6, 6.07) is 4.67. The number of nitro groups is 1. The number of amides is 1. The average molecular weight is 294 g/mol. The Labute approximate surface area is 120 Å². The van der Waals surface area contributed by atoms with Gasteiger partial charge in [-0.05, 0) is 18.9 Å². The van der Waals surface area contributed by atoms with Gasteiger partial charge in [0.15, 0.2) is 6.61 Å². The minimum atomic E-state index is -1.03. The van der Waals surface area contributed by atoms with Crippen molar-refractivity contribution < 1.29 is 24.4 Å². The highest BCUT2D eigenvalue weighted by Crippen LogP contribution is 2.20. The summed E-state index contributed by atoms with van der Waals surface area (Å²) in [5.41, 5.74) is -0.135. The van der Waals surface area contributed by atoms with Crippen molar-refractivity contribution in [3.05, 3.63) is 34.4 Å². The fraction of sp³-hybridized carbons (Fsp3) is 0.385. The van der Waals surface area contributed by atoms with Crippen LogP contribution in [0.15, 0.2) is 24.3 Å². The van der Waals surface area contributed by atoms with Gasteiger partial charge in [0.1, 0.15) is 11.8 Å². The lowest BCUT2D eigenvalue weighted by Crippen LogP contribution is -2.42. The lowest BCUT2D eigenvalue weighted by molar-refractivity contribution is -0.384. The third-order valence-corrected chi connectivity index (χ3v) is 3.25. The van der Waals surface area contributed by atoms with E-state index in [-0.39, 0.29) is 18.0 Å². The molecule has 0 unspecified atom stereocenters. The first-order valence-corrected chi connectivity index (χ1v) is 6.38. The Kier molecular flexibility index (Phi) is 4.36. The molecule has 8 heteroatoms. The molecule has 21 heavy (non-hydrogen) atoms. The minimum absolute atomic E-state index is 0.135. The zero-order valence-corrected chi connectivity index (χ0v) is 11.1. The molecule has 1 aromatic carbocycles. The van der Waals surface area contributed by atoms with E-state index < -0.39 is 22.8 Å². The number of nitro benzene ring substituents is 1. The number of rotatable bonds is 5. The van der Waals surface area contributed by atoms with Gasteiger partial charge in [0, 0.05) is 12.6 Å². The largest absolute Gasteiger partial charge is 0.484 e. The van der Waals surface area contributed by atoms with Gasteiger partial charge in [0.2, 0.25) is 0 Å². The normalized spacial score (nSPS) is 17.5. The number of likely N-dealkylation sites (tertiary alicyclic amines) is 1. The molecule has 1 fully saturated rings. The predicted octanol–water partition coefficient (Wildman–Crippen LogP) is 1.05. The first kappa shape index (κ1) is 14.8. The van der Waals surface area contributed by atoms with Crippen LogP contribution in [0.5, 0.6) is 5.75 Å². The number of carbonyl (C=O) groups excluding carboxylic acids is 1. The maximum absolute atomic E-state index is 12.0. The fourth-order valence-electron chi connectivity index (χ4n) is 2.24. The van der Waals surface area contributed by atoms with Gasteiger partial charge in [0.05, 0.1) is 11.0 Å². The molecule has 0 aliphatic carbocycles. The second-order valence-corrected chi connectivity index (χ2v) is 4.63. The topological polar surface area (TPSA) is 110 Å². The third-order valence-electron chi connectivity index (χ3n) is 3.25. The van der Waals surface area contributed by atoms with Crippen LogP contribution >= 0.6 is 0 Å². The molecule has 0 radical (unpaired) electrons. The molecule has 1 saturated heterocycles. The number of aliphatic carboxylic acids is 1. The standard InChI is InChI=1S/C13H14N2O6/c16-12(14-6-2-5-11(14)13(17)18)8-21-10-4-1-3-9(7-10)15(19)20/h1,3-4,7,11H,2,5-6,8H2,(H,17,18)/t11-/m0/s1. The Balaban J connectivity index is 1.96. The summed E-state index contributed by atoms with van der Waals surface area (Å²) >= 11 is 0. The smallest absolute Gasteiger partial charge is 0.326 e. The lowest BCUT2D eigenvalue weighted by Gasteiger charge is -2.21. The first-order chi connectivity index (χ1) is 9.99. The highest BCUT2D eigenvalue weighted by atomic mass is 16.6. The number of ether oxygens (including phenoxy) is 1. The molecule has 1 amide bonds. The van der Waals surface area contributed by atoms with Crippen LogP contribution in [-0.2, 0) is 9.59 Å². The first-order valence-electron chi connectivity index (χ1n) is 6.38. The predicted molar refractivity (Wildman–Crippen MR) is 71.0 cm³/mol. The van der Waals surface area contributed by atoms with Gasteiger partial charge in [-0.15, -0.1) is 0 Å². The van der Waals surface area contributed by atoms with Crippen LogP contribution in [0.25, 0.3) is 0 Å². The number of carboxylic acid groups (broad SMARTS) is 1. The molecule has 1 aliphatic rings. The molecule has 0 saturated carbocycles. The zero-order chi connectivity index (χ0) is 15.4. The Hall–Kier alpha value is -2.64. The van der Waals surface area contributed by atoms with E-state index in [1.165, 1.54) is 29.2 Å². The Morgan fingerprint density at radius 1 is 1.48 bits per heavy atom. The molecular formula is C13H14N2O6. The molecule has 1 heterocycles. The molecule has 0 spiro atoms. The number of non-ortho nitro benzene ring substituents is 1. The molecule has 1 aromatic rings. The molecule has 0 bridgehead atoms. The summed E-state index contributed by atoms with van der Waals surface area (Å²) in [5, 5.41) is 19.6. The number of hydrogen-bond acceptors (Lipinski definition) is 5. The Morgan fingerprint density at radius 3 is 2.90 bits per heavy atom. The molecule has 1 N–H and O–H groups in total. The second-order valence-electron chi connectivity index (χ2n) is 4.63. The van der Waals surface area contributed by atoms with Crippen molar-refractivity contribution >= 4 is 17.6 Å². The third kappa shape index (κ3) is 3.47. The molecule has 0 aromatic heterocycles. The fourth-order valence-corrected chi connectivity index (χ4v) is 2.24. The summed E-state index contributed by atoms with van der Waals surface area (Å²) in [5.74, 6) is -1.27. The van der Waals surface area contributed by atoms with Crippen molar-refractivity contribution in [3.8, 4) is 5.75 Å². The number of hydrogen-bond donors (Lipinski definition) is 1. The number of benzene rings is 1. The van der Waals surface area contributed by atoms with Crippen molar-refractivity contribution in [2.45, 2.75) is 18.9 Å². The van der Waals surface area contributed by atoms with E-state index in [1.54, 1.807) is 0 Å². The highest BCUT2D eigenvalue weighted by Gasteiger charge is 2.33. The van der Waals surface area contributed by atoms with Gasteiger partial charge in [0.25, 0.3) is 11.6 Å². The molecule has 1 aliphatic heterocycles. The van der Waals surface area contributed by atoms with Crippen molar-refractivity contribution in [2.24, 2.45) is 0 Å². The van der Waals surface area contributed by atoms with E-state index in [0.717, 1.165) is 0 Å². The van der Waals surface area contributed by atoms with Crippen molar-refractivity contribution in [3.63, 3.8) is 0 Å². The van der Waals surface area contributed by atoms with Crippen molar-refractivity contribution in [2.75, 3.05) is 13.2 Å². The maximum Gasteiger partial charge on any atom is 0.326 e. The molecule has 1 atom stereocenters. The van der Waals surface area contributed by atoms with Gasteiger partial charge in [-0.2, -0.15) is 0 Å². The van der Waals surface area contributed by atoms with Gasteiger partial charge in [-0.3, -0.25) is 14.9 Å². The van der Waals surface area contributed by atoms with Gasteiger partial charge < -0.3 is 14.7 Å². The van der Waals surface area contributed by atoms with Crippen LogP contribution in [0.3, 0.4) is 0 Å². The summed E-state index contributed by atoms with van der Waals surface area (Å²) in [7, 11) is 0. The summed E-state index contributed by atoms with van der Waals surface area (Å²) in [6.45, 7) is 0.0407. The van der Waals surface area contributed by atoms with Gasteiger partial charge in [-0.25, -0.2) is 4.79 Å². The van der Waals surface area contributed by atoms with E-state index in [9.17, 15) is 19.7 Å².